The molecule has 1 aromatic carbocycles. The molecule has 0 saturated heterocycles. The number of hydrogen-bond donors (Lipinski definition) is 3. The van der Waals surface area contributed by atoms with Crippen molar-refractivity contribution < 1.29 is 13.5 Å². The third-order valence-corrected chi connectivity index (χ3v) is 4.34. The van der Waals surface area contributed by atoms with Crippen LogP contribution in [0.3, 0.4) is 0 Å². The Labute approximate surface area is 127 Å². The summed E-state index contributed by atoms with van der Waals surface area (Å²) in [4.78, 5) is 0. The van der Waals surface area contributed by atoms with Crippen LogP contribution < -0.4 is 10.0 Å². The van der Waals surface area contributed by atoms with Crippen LogP contribution >= 0.6 is 0 Å². The van der Waals surface area contributed by atoms with Crippen molar-refractivity contribution in [2.75, 3.05) is 23.6 Å². The number of hydrogen-bond acceptors (Lipinski definition) is 4. The lowest BCUT2D eigenvalue weighted by Gasteiger charge is -2.11. The summed E-state index contributed by atoms with van der Waals surface area (Å²) in [5, 5.41) is 12.0. The van der Waals surface area contributed by atoms with E-state index in [9.17, 15) is 8.42 Å². The van der Waals surface area contributed by atoms with Crippen LogP contribution in [-0.2, 0) is 16.4 Å². The van der Waals surface area contributed by atoms with Gasteiger partial charge in [0, 0.05) is 18.3 Å². The average Bonchev–Trinajstić information content (AvgIpc) is 2.41. The maximum Gasteiger partial charge on any atom is 0.232 e. The fraction of sp³-hybridized carbons (Fsp3) is 0.600. The molecule has 0 aliphatic carbocycles. The Hall–Kier alpha value is -1.11. The maximum atomic E-state index is 12.0. The molecule has 0 bridgehead atoms. The van der Waals surface area contributed by atoms with Crippen LogP contribution in [0.2, 0.25) is 0 Å². The number of benzene rings is 1. The lowest BCUT2D eigenvalue weighted by atomic mass is 10.1. The molecule has 6 heteroatoms. The van der Waals surface area contributed by atoms with Gasteiger partial charge in [0.05, 0.1) is 5.75 Å². The van der Waals surface area contributed by atoms with E-state index in [1.165, 1.54) is 0 Å². The van der Waals surface area contributed by atoms with Crippen LogP contribution in [0.4, 0.5) is 5.69 Å². The van der Waals surface area contributed by atoms with Crippen LogP contribution in [0, 0.1) is 0 Å². The van der Waals surface area contributed by atoms with Crippen LogP contribution in [0.1, 0.15) is 32.3 Å². The summed E-state index contributed by atoms with van der Waals surface area (Å²) < 4.78 is 26.6. The normalized spacial score (nSPS) is 11.8. The van der Waals surface area contributed by atoms with Gasteiger partial charge in [-0.3, -0.25) is 4.72 Å². The molecule has 0 spiro atoms. The summed E-state index contributed by atoms with van der Waals surface area (Å²) in [5.41, 5.74) is 1.60. The van der Waals surface area contributed by atoms with Crippen molar-refractivity contribution in [3.63, 3.8) is 0 Å². The van der Waals surface area contributed by atoms with E-state index in [0.717, 1.165) is 12.0 Å². The maximum absolute atomic E-state index is 12.0. The molecule has 0 aliphatic heterocycles. The van der Waals surface area contributed by atoms with Gasteiger partial charge in [-0.15, -0.1) is 0 Å². The highest BCUT2D eigenvalue weighted by atomic mass is 32.2. The van der Waals surface area contributed by atoms with E-state index in [2.05, 4.69) is 10.0 Å². The second-order valence-electron chi connectivity index (χ2n) is 5.41. The Balaban J connectivity index is 2.50. The molecular formula is C15H26N2O3S. The van der Waals surface area contributed by atoms with Crippen LogP contribution in [0.25, 0.3) is 0 Å². The smallest absolute Gasteiger partial charge is 0.232 e. The molecule has 120 valence electrons. The standard InChI is InChI=1S/C15H26N2O3S/c1-13(2)16-9-5-11-21(19,20)17-15-8-3-6-14(12-15)7-4-10-18/h3,6,8,12-13,16-18H,4-5,7,9-11H2,1-2H3. The lowest BCUT2D eigenvalue weighted by Crippen LogP contribution is -2.26. The Kier molecular flexibility index (Phi) is 7.71. The van der Waals surface area contributed by atoms with E-state index in [1.54, 1.807) is 6.07 Å². The molecule has 0 fully saturated rings. The van der Waals surface area contributed by atoms with E-state index >= 15 is 0 Å². The monoisotopic (exact) mass is 314 g/mol. The Morgan fingerprint density at radius 1 is 1.24 bits per heavy atom. The van der Waals surface area contributed by atoms with Gasteiger partial charge in [0.15, 0.2) is 0 Å². The van der Waals surface area contributed by atoms with E-state index in [4.69, 9.17) is 5.11 Å². The molecule has 0 amide bonds. The Morgan fingerprint density at radius 3 is 2.67 bits per heavy atom. The quantitative estimate of drug-likeness (QED) is 0.575. The predicted octanol–water partition coefficient (Wildman–Crippen LogP) is 1.74. The van der Waals surface area contributed by atoms with Crippen LogP contribution in [0.15, 0.2) is 24.3 Å². The number of aryl methyl sites for hydroxylation is 1. The van der Waals surface area contributed by atoms with Gasteiger partial charge in [0.2, 0.25) is 10.0 Å². The highest BCUT2D eigenvalue weighted by molar-refractivity contribution is 7.92. The minimum absolute atomic E-state index is 0.105. The van der Waals surface area contributed by atoms with Crippen molar-refractivity contribution in [3.05, 3.63) is 29.8 Å². The number of nitrogens with one attached hydrogen (secondary N) is 2. The molecule has 0 atom stereocenters. The molecule has 5 nitrogen and oxygen atoms in total. The fourth-order valence-corrected chi connectivity index (χ4v) is 3.07. The zero-order valence-corrected chi connectivity index (χ0v) is 13.6. The topological polar surface area (TPSA) is 78.4 Å². The zero-order valence-electron chi connectivity index (χ0n) is 12.8. The van der Waals surface area contributed by atoms with Crippen LogP contribution in [-0.4, -0.2) is 38.5 Å². The first-order chi connectivity index (χ1) is 9.93. The largest absolute Gasteiger partial charge is 0.396 e. The van der Waals surface area contributed by atoms with Crippen molar-refractivity contribution >= 4 is 15.7 Å². The predicted molar refractivity (Wildman–Crippen MR) is 87.0 cm³/mol. The molecule has 0 saturated carbocycles. The summed E-state index contributed by atoms with van der Waals surface area (Å²) in [6.45, 7) is 4.89. The summed E-state index contributed by atoms with van der Waals surface area (Å²) >= 11 is 0. The van der Waals surface area contributed by atoms with Gasteiger partial charge in [0.25, 0.3) is 0 Å². The van der Waals surface area contributed by atoms with E-state index < -0.39 is 10.0 Å². The summed E-state index contributed by atoms with van der Waals surface area (Å²) in [7, 11) is -3.31. The van der Waals surface area contributed by atoms with Gasteiger partial charge >= 0.3 is 0 Å². The minimum Gasteiger partial charge on any atom is -0.396 e. The van der Waals surface area contributed by atoms with Gasteiger partial charge in [-0.05, 0) is 43.5 Å². The van der Waals surface area contributed by atoms with Gasteiger partial charge < -0.3 is 10.4 Å². The average molecular weight is 314 g/mol. The molecule has 0 aromatic heterocycles. The molecule has 0 radical (unpaired) electrons. The molecule has 0 heterocycles. The lowest BCUT2D eigenvalue weighted by molar-refractivity contribution is 0.288. The van der Waals surface area contributed by atoms with Crippen molar-refractivity contribution in [2.45, 2.75) is 39.2 Å². The van der Waals surface area contributed by atoms with E-state index in [1.807, 2.05) is 32.0 Å². The molecule has 21 heavy (non-hydrogen) atoms. The highest BCUT2D eigenvalue weighted by Gasteiger charge is 2.10. The van der Waals surface area contributed by atoms with Gasteiger partial charge in [-0.25, -0.2) is 8.42 Å². The Morgan fingerprint density at radius 2 is 2.00 bits per heavy atom. The molecule has 1 rings (SSSR count). The van der Waals surface area contributed by atoms with E-state index in [0.29, 0.717) is 31.1 Å². The molecular weight excluding hydrogens is 288 g/mol. The molecule has 0 unspecified atom stereocenters. The first kappa shape index (κ1) is 17.9. The third-order valence-electron chi connectivity index (χ3n) is 2.97. The number of sulfonamides is 1. The van der Waals surface area contributed by atoms with Crippen molar-refractivity contribution in [2.24, 2.45) is 0 Å². The summed E-state index contributed by atoms with van der Waals surface area (Å²) in [5.74, 6) is 0.105. The van der Waals surface area contributed by atoms with Gasteiger partial charge in [-0.2, -0.15) is 0 Å². The first-order valence-corrected chi connectivity index (χ1v) is 9.02. The third kappa shape index (κ3) is 8.04. The number of anilines is 1. The summed E-state index contributed by atoms with van der Waals surface area (Å²) in [6, 6.07) is 7.68. The minimum atomic E-state index is -3.31. The second-order valence-corrected chi connectivity index (χ2v) is 7.25. The first-order valence-electron chi connectivity index (χ1n) is 7.36. The van der Waals surface area contributed by atoms with Gasteiger partial charge in [0.1, 0.15) is 0 Å². The van der Waals surface area contributed by atoms with Gasteiger partial charge in [-0.1, -0.05) is 26.0 Å². The zero-order chi connectivity index (χ0) is 15.7. The van der Waals surface area contributed by atoms with Crippen molar-refractivity contribution in [1.29, 1.82) is 0 Å². The van der Waals surface area contributed by atoms with Crippen molar-refractivity contribution in [3.8, 4) is 0 Å². The molecule has 1 aromatic rings. The Bertz CT molecular complexity index is 515. The van der Waals surface area contributed by atoms with E-state index in [-0.39, 0.29) is 12.4 Å². The van der Waals surface area contributed by atoms with Crippen LogP contribution in [0.5, 0.6) is 0 Å². The number of rotatable bonds is 10. The van der Waals surface area contributed by atoms with Crippen molar-refractivity contribution in [1.82, 2.24) is 5.32 Å². The fourth-order valence-electron chi connectivity index (χ4n) is 1.96. The SMILES string of the molecule is CC(C)NCCCS(=O)(=O)Nc1cccc(CCCO)c1. The number of aliphatic hydroxyl groups is 1. The second kappa shape index (κ2) is 9.02. The number of aliphatic hydroxyl groups excluding tert-OH is 1. The molecule has 3 N–H and O–H groups in total. The summed E-state index contributed by atoms with van der Waals surface area (Å²) in [6.07, 6.45) is 2.00. The molecule has 0 aliphatic rings. The highest BCUT2D eigenvalue weighted by Crippen LogP contribution is 2.14.